The maximum absolute atomic E-state index is 11.2. The molecule has 1 atom stereocenters. The van der Waals surface area contributed by atoms with Crippen molar-refractivity contribution in [3.63, 3.8) is 0 Å². The summed E-state index contributed by atoms with van der Waals surface area (Å²) in [7, 11) is 3.18. The van der Waals surface area contributed by atoms with E-state index in [2.05, 4.69) is 0 Å². The van der Waals surface area contributed by atoms with Crippen LogP contribution in [0.15, 0.2) is 23.1 Å². The number of rotatable bonds is 5. The van der Waals surface area contributed by atoms with E-state index in [1.165, 1.54) is 6.07 Å². The van der Waals surface area contributed by atoms with Crippen LogP contribution in [0, 0.1) is 6.92 Å². The Labute approximate surface area is 106 Å². The van der Waals surface area contributed by atoms with Crippen LogP contribution in [0.5, 0.6) is 5.75 Å². The van der Waals surface area contributed by atoms with E-state index < -0.39 is 9.05 Å². The molecule has 0 heterocycles. The Kier molecular flexibility index (Phi) is 4.80. The van der Waals surface area contributed by atoms with Gasteiger partial charge in [-0.1, -0.05) is 0 Å². The molecule has 96 valence electrons. The molecular formula is C11H15ClO4S. The zero-order valence-corrected chi connectivity index (χ0v) is 11.5. The lowest BCUT2D eigenvalue weighted by Gasteiger charge is -2.14. The third-order valence-corrected chi connectivity index (χ3v) is 3.63. The topological polar surface area (TPSA) is 52.6 Å². The molecule has 0 aromatic heterocycles. The Bertz CT molecular complexity index is 484. The molecule has 0 amide bonds. The maximum atomic E-state index is 11.2. The van der Waals surface area contributed by atoms with Crippen molar-refractivity contribution in [2.75, 3.05) is 13.7 Å². The van der Waals surface area contributed by atoms with Gasteiger partial charge < -0.3 is 9.47 Å². The monoisotopic (exact) mass is 278 g/mol. The average Bonchev–Trinajstić information content (AvgIpc) is 2.15. The summed E-state index contributed by atoms with van der Waals surface area (Å²) < 4.78 is 32.9. The standard InChI is InChI=1S/C11H15ClO4S/c1-8-6-10(16-9(2)7-15-3)4-5-11(8)17(12,13)14/h4-6,9H,7H2,1-3H3. The van der Waals surface area contributed by atoms with E-state index in [9.17, 15) is 8.42 Å². The van der Waals surface area contributed by atoms with Crippen LogP contribution < -0.4 is 4.74 Å². The van der Waals surface area contributed by atoms with Gasteiger partial charge in [-0.25, -0.2) is 8.42 Å². The number of ether oxygens (including phenoxy) is 2. The molecule has 4 nitrogen and oxygen atoms in total. The molecule has 0 aliphatic rings. The lowest BCUT2D eigenvalue weighted by Crippen LogP contribution is -2.18. The normalized spacial score (nSPS) is 13.4. The quantitative estimate of drug-likeness (QED) is 0.776. The molecule has 0 saturated heterocycles. The highest BCUT2D eigenvalue weighted by Crippen LogP contribution is 2.24. The molecule has 0 radical (unpaired) electrons. The average molecular weight is 279 g/mol. The van der Waals surface area contributed by atoms with Gasteiger partial charge in [0.25, 0.3) is 9.05 Å². The number of benzene rings is 1. The first-order valence-corrected chi connectivity index (χ1v) is 7.36. The first-order chi connectivity index (χ1) is 7.84. The van der Waals surface area contributed by atoms with E-state index in [1.54, 1.807) is 26.2 Å². The van der Waals surface area contributed by atoms with E-state index in [-0.39, 0.29) is 11.0 Å². The number of aryl methyl sites for hydroxylation is 1. The highest BCUT2D eigenvalue weighted by molar-refractivity contribution is 8.13. The molecule has 0 spiro atoms. The van der Waals surface area contributed by atoms with E-state index in [0.29, 0.717) is 17.9 Å². The maximum Gasteiger partial charge on any atom is 0.261 e. The van der Waals surface area contributed by atoms with Crippen molar-refractivity contribution in [2.45, 2.75) is 24.8 Å². The fourth-order valence-electron chi connectivity index (χ4n) is 1.47. The Hall–Kier alpha value is -0.780. The van der Waals surface area contributed by atoms with Crippen molar-refractivity contribution in [1.82, 2.24) is 0 Å². The number of hydrogen-bond donors (Lipinski definition) is 0. The minimum atomic E-state index is -3.70. The molecule has 1 rings (SSSR count). The first-order valence-electron chi connectivity index (χ1n) is 5.05. The lowest BCUT2D eigenvalue weighted by atomic mass is 10.2. The van der Waals surface area contributed by atoms with Gasteiger partial charge in [0.1, 0.15) is 11.9 Å². The van der Waals surface area contributed by atoms with Gasteiger partial charge in [-0.2, -0.15) is 0 Å². The molecule has 0 aliphatic carbocycles. The van der Waals surface area contributed by atoms with Crippen LogP contribution in [0.4, 0.5) is 0 Å². The van der Waals surface area contributed by atoms with Gasteiger partial charge in [0.05, 0.1) is 11.5 Å². The summed E-state index contributed by atoms with van der Waals surface area (Å²) in [5, 5.41) is 0. The summed E-state index contributed by atoms with van der Waals surface area (Å²) in [6.45, 7) is 4.00. The molecule has 1 aromatic carbocycles. The van der Waals surface area contributed by atoms with Crippen LogP contribution in [0.3, 0.4) is 0 Å². The predicted octanol–water partition coefficient (Wildman–Crippen LogP) is 2.34. The number of methoxy groups -OCH3 is 1. The second-order valence-electron chi connectivity index (χ2n) is 3.75. The smallest absolute Gasteiger partial charge is 0.261 e. The van der Waals surface area contributed by atoms with Crippen LogP contribution in [0.25, 0.3) is 0 Å². The van der Waals surface area contributed by atoms with Gasteiger partial charge in [0.15, 0.2) is 0 Å². The van der Waals surface area contributed by atoms with Crippen LogP contribution in [0.2, 0.25) is 0 Å². The Balaban J connectivity index is 2.90. The second kappa shape index (κ2) is 5.71. The Morgan fingerprint density at radius 2 is 2.06 bits per heavy atom. The van der Waals surface area contributed by atoms with Crippen molar-refractivity contribution < 1.29 is 17.9 Å². The van der Waals surface area contributed by atoms with E-state index in [4.69, 9.17) is 20.2 Å². The van der Waals surface area contributed by atoms with Crippen molar-refractivity contribution in [3.8, 4) is 5.75 Å². The Morgan fingerprint density at radius 1 is 1.41 bits per heavy atom. The summed E-state index contributed by atoms with van der Waals surface area (Å²) in [6.07, 6.45) is -0.0992. The molecule has 1 unspecified atom stereocenters. The minimum absolute atomic E-state index is 0.0992. The van der Waals surface area contributed by atoms with Crippen LogP contribution >= 0.6 is 10.7 Å². The third kappa shape index (κ3) is 4.18. The van der Waals surface area contributed by atoms with Gasteiger partial charge in [0, 0.05) is 17.8 Å². The van der Waals surface area contributed by atoms with Gasteiger partial charge in [-0.05, 0) is 37.6 Å². The molecule has 0 bridgehead atoms. The van der Waals surface area contributed by atoms with Crippen LogP contribution in [-0.4, -0.2) is 28.2 Å². The summed E-state index contributed by atoms with van der Waals surface area (Å²) in [5.41, 5.74) is 0.558. The predicted molar refractivity (Wildman–Crippen MR) is 66.2 cm³/mol. The molecule has 0 N–H and O–H groups in total. The van der Waals surface area contributed by atoms with E-state index >= 15 is 0 Å². The van der Waals surface area contributed by atoms with E-state index in [1.807, 2.05) is 6.92 Å². The zero-order chi connectivity index (χ0) is 13.1. The van der Waals surface area contributed by atoms with Crippen molar-refractivity contribution in [3.05, 3.63) is 23.8 Å². The number of hydrogen-bond acceptors (Lipinski definition) is 4. The minimum Gasteiger partial charge on any atom is -0.488 e. The highest BCUT2D eigenvalue weighted by atomic mass is 35.7. The molecule has 0 saturated carbocycles. The van der Waals surface area contributed by atoms with Crippen LogP contribution in [-0.2, 0) is 13.8 Å². The van der Waals surface area contributed by atoms with Gasteiger partial charge in [-0.15, -0.1) is 0 Å². The number of halogens is 1. The first kappa shape index (κ1) is 14.3. The highest BCUT2D eigenvalue weighted by Gasteiger charge is 2.14. The largest absolute Gasteiger partial charge is 0.488 e. The van der Waals surface area contributed by atoms with Crippen molar-refractivity contribution in [1.29, 1.82) is 0 Å². The summed E-state index contributed by atoms with van der Waals surface area (Å²) in [4.78, 5) is 0.103. The molecule has 0 aliphatic heterocycles. The van der Waals surface area contributed by atoms with Crippen molar-refractivity contribution in [2.24, 2.45) is 0 Å². The lowest BCUT2D eigenvalue weighted by molar-refractivity contribution is 0.0920. The summed E-state index contributed by atoms with van der Waals surface area (Å²) >= 11 is 0. The van der Waals surface area contributed by atoms with Gasteiger partial charge in [0.2, 0.25) is 0 Å². The zero-order valence-electron chi connectivity index (χ0n) is 9.94. The fraction of sp³-hybridized carbons (Fsp3) is 0.455. The molecular weight excluding hydrogens is 264 g/mol. The second-order valence-corrected chi connectivity index (χ2v) is 6.28. The molecule has 17 heavy (non-hydrogen) atoms. The Morgan fingerprint density at radius 3 is 2.53 bits per heavy atom. The summed E-state index contributed by atoms with van der Waals surface area (Å²) in [5.74, 6) is 0.594. The van der Waals surface area contributed by atoms with Gasteiger partial charge in [-0.3, -0.25) is 0 Å². The van der Waals surface area contributed by atoms with Crippen LogP contribution in [0.1, 0.15) is 12.5 Å². The van der Waals surface area contributed by atoms with Crippen molar-refractivity contribution >= 4 is 19.7 Å². The third-order valence-electron chi connectivity index (χ3n) is 2.15. The molecule has 1 aromatic rings. The van der Waals surface area contributed by atoms with Gasteiger partial charge >= 0.3 is 0 Å². The molecule has 0 fully saturated rings. The molecule has 6 heteroatoms. The fourth-order valence-corrected chi connectivity index (χ4v) is 2.66. The SMILES string of the molecule is COCC(C)Oc1ccc(S(=O)(=O)Cl)c(C)c1. The summed E-state index contributed by atoms with van der Waals surface area (Å²) in [6, 6.07) is 4.66. The van der Waals surface area contributed by atoms with E-state index in [0.717, 1.165) is 0 Å².